The number of methoxy groups -OCH3 is 1. The smallest absolute Gasteiger partial charge is 0.308 e. The van der Waals surface area contributed by atoms with Crippen molar-refractivity contribution in [1.29, 1.82) is 0 Å². The van der Waals surface area contributed by atoms with E-state index >= 15 is 0 Å². The summed E-state index contributed by atoms with van der Waals surface area (Å²) in [7, 11) is 1.45. The molecule has 0 saturated carbocycles. The molecular weight excluding hydrogens is 262 g/mol. The van der Waals surface area contributed by atoms with Crippen molar-refractivity contribution >= 4 is 22.6 Å². The SMILES string of the molecule is COC(=O)C1CCN(c2nc(C(C)(C)C)ns2)CC1. The second-order valence-corrected chi connectivity index (χ2v) is 6.67. The highest BCUT2D eigenvalue weighted by atomic mass is 32.1. The third-order valence-corrected chi connectivity index (χ3v) is 4.16. The number of carbonyl (C=O) groups excluding carboxylic acids is 1. The quantitative estimate of drug-likeness (QED) is 0.779. The molecule has 5 nitrogen and oxygen atoms in total. The zero-order valence-electron chi connectivity index (χ0n) is 12.0. The van der Waals surface area contributed by atoms with E-state index in [0.29, 0.717) is 0 Å². The molecular formula is C13H21N3O2S. The molecule has 0 spiro atoms. The largest absolute Gasteiger partial charge is 0.469 e. The molecule has 0 aliphatic carbocycles. The van der Waals surface area contributed by atoms with Crippen LogP contribution in [-0.4, -0.2) is 35.5 Å². The van der Waals surface area contributed by atoms with Crippen LogP contribution in [0.2, 0.25) is 0 Å². The summed E-state index contributed by atoms with van der Waals surface area (Å²) >= 11 is 1.45. The lowest BCUT2D eigenvalue weighted by Gasteiger charge is -2.30. The molecule has 1 fully saturated rings. The normalized spacial score (nSPS) is 17.6. The van der Waals surface area contributed by atoms with Gasteiger partial charge in [0.1, 0.15) is 5.82 Å². The van der Waals surface area contributed by atoms with Crippen molar-refractivity contribution in [3.63, 3.8) is 0 Å². The third kappa shape index (κ3) is 3.23. The van der Waals surface area contributed by atoms with Gasteiger partial charge in [-0.25, -0.2) is 4.98 Å². The molecule has 1 aliphatic heterocycles. The topological polar surface area (TPSA) is 55.3 Å². The summed E-state index contributed by atoms with van der Waals surface area (Å²) in [5.74, 6) is 0.839. The number of rotatable bonds is 2. The summed E-state index contributed by atoms with van der Waals surface area (Å²) in [6, 6.07) is 0. The monoisotopic (exact) mass is 283 g/mol. The van der Waals surface area contributed by atoms with E-state index in [1.807, 2.05) is 0 Å². The Kier molecular flexibility index (Phi) is 4.08. The van der Waals surface area contributed by atoms with E-state index in [2.05, 4.69) is 35.0 Å². The van der Waals surface area contributed by atoms with Gasteiger partial charge in [-0.15, -0.1) is 0 Å². The standard InChI is InChI=1S/C13H21N3O2S/c1-13(2,3)11-14-12(19-15-11)16-7-5-9(6-8-16)10(17)18-4/h9H,5-8H2,1-4H3. The van der Waals surface area contributed by atoms with Crippen molar-refractivity contribution in [2.75, 3.05) is 25.1 Å². The van der Waals surface area contributed by atoms with Gasteiger partial charge < -0.3 is 9.64 Å². The molecule has 1 aliphatic rings. The Balaban J connectivity index is 1.98. The van der Waals surface area contributed by atoms with Crippen LogP contribution in [0.3, 0.4) is 0 Å². The Labute approximate surface area is 118 Å². The van der Waals surface area contributed by atoms with Crippen LogP contribution in [0.25, 0.3) is 0 Å². The minimum atomic E-state index is -0.0905. The number of piperidine rings is 1. The molecule has 0 unspecified atom stereocenters. The minimum absolute atomic E-state index is 0.0148. The third-order valence-electron chi connectivity index (χ3n) is 3.39. The first kappa shape index (κ1) is 14.2. The van der Waals surface area contributed by atoms with Crippen LogP contribution >= 0.6 is 11.5 Å². The molecule has 2 heterocycles. The maximum Gasteiger partial charge on any atom is 0.308 e. The first-order valence-corrected chi connectivity index (χ1v) is 7.36. The average Bonchev–Trinajstić information content (AvgIpc) is 2.87. The van der Waals surface area contributed by atoms with Gasteiger partial charge in [0.15, 0.2) is 0 Å². The van der Waals surface area contributed by atoms with E-state index in [1.54, 1.807) is 0 Å². The Morgan fingerprint density at radius 2 is 2.00 bits per heavy atom. The van der Waals surface area contributed by atoms with E-state index in [0.717, 1.165) is 36.9 Å². The Bertz CT molecular complexity index is 445. The molecule has 6 heteroatoms. The average molecular weight is 283 g/mol. The zero-order chi connectivity index (χ0) is 14.0. The van der Waals surface area contributed by atoms with Gasteiger partial charge in [0.2, 0.25) is 5.13 Å². The summed E-state index contributed by atoms with van der Waals surface area (Å²) in [5, 5.41) is 0.966. The minimum Gasteiger partial charge on any atom is -0.469 e. The van der Waals surface area contributed by atoms with Crippen molar-refractivity contribution in [2.45, 2.75) is 39.0 Å². The maximum atomic E-state index is 11.5. The van der Waals surface area contributed by atoms with E-state index < -0.39 is 0 Å². The fraction of sp³-hybridized carbons (Fsp3) is 0.769. The molecule has 0 bridgehead atoms. The highest BCUT2D eigenvalue weighted by Gasteiger charge is 2.28. The van der Waals surface area contributed by atoms with Gasteiger partial charge in [0, 0.05) is 30.0 Å². The number of hydrogen-bond donors (Lipinski definition) is 0. The van der Waals surface area contributed by atoms with Crippen molar-refractivity contribution < 1.29 is 9.53 Å². The highest BCUT2D eigenvalue weighted by Crippen LogP contribution is 2.28. The Morgan fingerprint density at radius 1 is 1.37 bits per heavy atom. The molecule has 1 aromatic rings. The predicted octanol–water partition coefficient (Wildman–Crippen LogP) is 2.22. The molecule has 1 saturated heterocycles. The van der Waals surface area contributed by atoms with Crippen molar-refractivity contribution in [2.24, 2.45) is 5.92 Å². The van der Waals surface area contributed by atoms with Crippen molar-refractivity contribution in [3.05, 3.63) is 5.82 Å². The molecule has 106 valence electrons. The molecule has 0 radical (unpaired) electrons. The molecule has 19 heavy (non-hydrogen) atoms. The van der Waals surface area contributed by atoms with Crippen LogP contribution in [0.5, 0.6) is 0 Å². The summed E-state index contributed by atoms with van der Waals surface area (Å²) in [6.07, 6.45) is 1.66. The van der Waals surface area contributed by atoms with Gasteiger partial charge in [0.25, 0.3) is 0 Å². The molecule has 0 atom stereocenters. The number of aromatic nitrogens is 2. The van der Waals surface area contributed by atoms with E-state index in [9.17, 15) is 4.79 Å². The van der Waals surface area contributed by atoms with Crippen molar-refractivity contribution in [3.8, 4) is 0 Å². The second kappa shape index (κ2) is 5.45. The molecule has 0 aromatic carbocycles. The van der Waals surface area contributed by atoms with Gasteiger partial charge in [-0.05, 0) is 12.8 Å². The summed E-state index contributed by atoms with van der Waals surface area (Å²) in [6.45, 7) is 8.03. The van der Waals surface area contributed by atoms with Crippen LogP contribution in [0.1, 0.15) is 39.4 Å². The molecule has 0 amide bonds. The van der Waals surface area contributed by atoms with Gasteiger partial charge in [0.05, 0.1) is 13.0 Å². The number of anilines is 1. The van der Waals surface area contributed by atoms with Gasteiger partial charge in [-0.2, -0.15) is 4.37 Å². The lowest BCUT2D eigenvalue weighted by molar-refractivity contribution is -0.146. The van der Waals surface area contributed by atoms with Crippen molar-refractivity contribution in [1.82, 2.24) is 9.36 Å². The summed E-state index contributed by atoms with van der Waals surface area (Å²) < 4.78 is 9.23. The number of ether oxygens (including phenoxy) is 1. The molecule has 0 N–H and O–H groups in total. The van der Waals surface area contributed by atoms with Crippen LogP contribution in [0, 0.1) is 5.92 Å². The number of nitrogens with zero attached hydrogens (tertiary/aromatic N) is 3. The van der Waals surface area contributed by atoms with Crippen LogP contribution < -0.4 is 4.90 Å². The summed E-state index contributed by atoms with van der Waals surface area (Å²) in [5.41, 5.74) is -0.0148. The number of carbonyl (C=O) groups is 1. The van der Waals surface area contributed by atoms with Gasteiger partial charge >= 0.3 is 5.97 Å². The van der Waals surface area contributed by atoms with Crippen LogP contribution in [-0.2, 0) is 14.9 Å². The maximum absolute atomic E-state index is 11.5. The predicted molar refractivity (Wildman–Crippen MR) is 75.6 cm³/mol. The highest BCUT2D eigenvalue weighted by molar-refractivity contribution is 7.09. The second-order valence-electron chi connectivity index (χ2n) is 5.94. The first-order valence-electron chi connectivity index (χ1n) is 6.59. The van der Waals surface area contributed by atoms with Gasteiger partial charge in [-0.1, -0.05) is 20.8 Å². The van der Waals surface area contributed by atoms with Crippen LogP contribution in [0.15, 0.2) is 0 Å². The number of hydrogen-bond acceptors (Lipinski definition) is 6. The van der Waals surface area contributed by atoms with Crippen LogP contribution in [0.4, 0.5) is 5.13 Å². The Morgan fingerprint density at radius 3 is 2.47 bits per heavy atom. The molecule has 2 rings (SSSR count). The fourth-order valence-electron chi connectivity index (χ4n) is 2.12. The lowest BCUT2D eigenvalue weighted by Crippen LogP contribution is -2.36. The zero-order valence-corrected chi connectivity index (χ0v) is 12.8. The van der Waals surface area contributed by atoms with E-state index in [4.69, 9.17) is 4.74 Å². The fourth-order valence-corrected chi connectivity index (χ4v) is 3.03. The lowest BCUT2D eigenvalue weighted by atomic mass is 9.96. The van der Waals surface area contributed by atoms with Gasteiger partial charge in [-0.3, -0.25) is 4.79 Å². The first-order chi connectivity index (χ1) is 8.91. The Hall–Kier alpha value is -1.17. The van der Waals surface area contributed by atoms with E-state index in [-0.39, 0.29) is 17.3 Å². The number of esters is 1. The van der Waals surface area contributed by atoms with E-state index in [1.165, 1.54) is 18.6 Å². The summed E-state index contributed by atoms with van der Waals surface area (Å²) in [4.78, 5) is 18.3. The molecule has 1 aromatic heterocycles.